The molecule has 134 valence electrons. The van der Waals surface area contributed by atoms with Gasteiger partial charge in [0.2, 0.25) is 0 Å². The number of carbonyl (C=O) groups is 1. The van der Waals surface area contributed by atoms with Crippen molar-refractivity contribution < 1.29 is 9.53 Å². The Balaban J connectivity index is 2.13. The van der Waals surface area contributed by atoms with Gasteiger partial charge in [0.15, 0.2) is 0 Å². The molecule has 27 heavy (non-hydrogen) atoms. The zero-order valence-corrected chi connectivity index (χ0v) is 15.1. The second kappa shape index (κ2) is 7.72. The zero-order chi connectivity index (χ0) is 19.4. The minimum atomic E-state index is -0.585. The van der Waals surface area contributed by atoms with E-state index in [2.05, 4.69) is 17.1 Å². The van der Waals surface area contributed by atoms with Crippen molar-refractivity contribution in [2.75, 3.05) is 6.61 Å². The lowest BCUT2D eigenvalue weighted by Gasteiger charge is -2.16. The summed E-state index contributed by atoms with van der Waals surface area (Å²) in [5, 5.41) is 18.3. The molecule has 0 bridgehead atoms. The average Bonchev–Trinajstić information content (AvgIpc) is 3.04. The van der Waals surface area contributed by atoms with Crippen molar-refractivity contribution in [3.63, 3.8) is 0 Å². The van der Waals surface area contributed by atoms with Crippen molar-refractivity contribution in [2.24, 2.45) is 0 Å². The van der Waals surface area contributed by atoms with Gasteiger partial charge in [-0.1, -0.05) is 12.1 Å². The van der Waals surface area contributed by atoms with Gasteiger partial charge in [-0.25, -0.2) is 9.78 Å². The van der Waals surface area contributed by atoms with Gasteiger partial charge in [0, 0.05) is 6.42 Å². The normalized spacial score (nSPS) is 11.6. The van der Waals surface area contributed by atoms with Crippen LogP contribution in [0.15, 0.2) is 42.5 Å². The number of ether oxygens (including phenoxy) is 1. The first kappa shape index (κ1) is 18.2. The van der Waals surface area contributed by atoms with Crippen LogP contribution in [-0.4, -0.2) is 22.1 Å². The molecule has 3 rings (SSSR count). The number of esters is 1. The lowest BCUT2D eigenvalue weighted by molar-refractivity contribution is -0.146. The van der Waals surface area contributed by atoms with Gasteiger partial charge in [-0.3, -0.25) is 0 Å². The van der Waals surface area contributed by atoms with E-state index in [-0.39, 0.29) is 5.97 Å². The predicted molar refractivity (Wildman–Crippen MR) is 99.8 cm³/mol. The number of benzene rings is 2. The molecule has 1 atom stereocenters. The quantitative estimate of drug-likeness (QED) is 0.651. The monoisotopic (exact) mass is 358 g/mol. The fourth-order valence-corrected chi connectivity index (χ4v) is 3.07. The summed E-state index contributed by atoms with van der Waals surface area (Å²) >= 11 is 0. The molecule has 0 aliphatic rings. The molecule has 2 aromatic carbocycles. The van der Waals surface area contributed by atoms with Crippen molar-refractivity contribution in [2.45, 2.75) is 26.3 Å². The molecule has 0 radical (unpaired) electrons. The van der Waals surface area contributed by atoms with Crippen molar-refractivity contribution in [3.05, 3.63) is 65.0 Å². The van der Waals surface area contributed by atoms with Crippen LogP contribution in [0.25, 0.3) is 11.0 Å². The highest BCUT2D eigenvalue weighted by atomic mass is 16.5. The Hall–Kier alpha value is -3.64. The number of rotatable bonds is 5. The smallest absolute Gasteiger partial charge is 0.328 e. The Labute approximate surface area is 157 Å². The SMILES string of the molecule is CCOC(=O)C(C)n1c(Cc2cccc(C#N)c2)nc2ccc(C#N)cc21. The number of aromatic nitrogens is 2. The van der Waals surface area contributed by atoms with E-state index >= 15 is 0 Å². The molecule has 3 aromatic rings. The van der Waals surface area contributed by atoms with Crippen LogP contribution in [0.4, 0.5) is 0 Å². The van der Waals surface area contributed by atoms with E-state index < -0.39 is 6.04 Å². The lowest BCUT2D eigenvalue weighted by Crippen LogP contribution is -2.21. The van der Waals surface area contributed by atoms with Crippen molar-refractivity contribution in [3.8, 4) is 12.1 Å². The molecule has 1 heterocycles. The van der Waals surface area contributed by atoms with E-state index in [0.717, 1.165) is 5.56 Å². The molecule has 0 fully saturated rings. The molecular formula is C21H18N4O2. The standard InChI is InChI=1S/C21H18N4O2/c1-3-27-21(26)14(2)25-19-10-17(13-23)7-8-18(19)24-20(25)11-15-5-4-6-16(9-15)12-22/h4-10,14H,3,11H2,1-2H3. The van der Waals surface area contributed by atoms with Crippen LogP contribution in [0.5, 0.6) is 0 Å². The van der Waals surface area contributed by atoms with Crippen molar-refractivity contribution in [1.82, 2.24) is 9.55 Å². The molecule has 0 aliphatic heterocycles. The van der Waals surface area contributed by atoms with Gasteiger partial charge in [0.25, 0.3) is 0 Å². The molecule has 0 amide bonds. The zero-order valence-electron chi connectivity index (χ0n) is 15.1. The molecule has 0 aliphatic carbocycles. The number of hydrogen-bond donors (Lipinski definition) is 0. The predicted octanol–water partition coefficient (Wildman–Crippen LogP) is 3.49. The molecule has 0 saturated carbocycles. The Morgan fingerprint density at radius 3 is 2.63 bits per heavy atom. The van der Waals surface area contributed by atoms with Gasteiger partial charge in [-0.05, 0) is 49.7 Å². The summed E-state index contributed by atoms with van der Waals surface area (Å²) in [6.07, 6.45) is 0.454. The van der Waals surface area contributed by atoms with Gasteiger partial charge in [0.05, 0.1) is 40.9 Å². The maximum atomic E-state index is 12.4. The fraction of sp³-hybridized carbons (Fsp3) is 0.238. The highest BCUT2D eigenvalue weighted by molar-refractivity contribution is 5.82. The third-order valence-electron chi connectivity index (χ3n) is 4.32. The van der Waals surface area contributed by atoms with E-state index in [0.29, 0.717) is 41.0 Å². The Bertz CT molecular complexity index is 1090. The van der Waals surface area contributed by atoms with Crippen LogP contribution < -0.4 is 0 Å². The summed E-state index contributed by atoms with van der Waals surface area (Å²) < 4.78 is 6.99. The summed E-state index contributed by atoms with van der Waals surface area (Å²) in [4.78, 5) is 17.0. The molecular weight excluding hydrogens is 340 g/mol. The highest BCUT2D eigenvalue weighted by Gasteiger charge is 2.23. The van der Waals surface area contributed by atoms with Crippen LogP contribution in [0.3, 0.4) is 0 Å². The fourth-order valence-electron chi connectivity index (χ4n) is 3.07. The number of carbonyl (C=O) groups excluding carboxylic acids is 1. The summed E-state index contributed by atoms with van der Waals surface area (Å²) in [5.74, 6) is 0.321. The Morgan fingerprint density at radius 1 is 1.19 bits per heavy atom. The number of nitrogens with zero attached hydrogens (tertiary/aromatic N) is 4. The summed E-state index contributed by atoms with van der Waals surface area (Å²) in [6.45, 7) is 3.81. The first-order valence-electron chi connectivity index (χ1n) is 8.64. The Kier molecular flexibility index (Phi) is 5.19. The number of imidazole rings is 1. The summed E-state index contributed by atoms with van der Waals surface area (Å²) in [5.41, 5.74) is 3.40. The number of fused-ring (bicyclic) bond motifs is 1. The van der Waals surface area contributed by atoms with Gasteiger partial charge < -0.3 is 9.30 Å². The van der Waals surface area contributed by atoms with Gasteiger partial charge in [-0.15, -0.1) is 0 Å². The van der Waals surface area contributed by atoms with Crippen LogP contribution in [0, 0.1) is 22.7 Å². The third-order valence-corrected chi connectivity index (χ3v) is 4.32. The maximum Gasteiger partial charge on any atom is 0.328 e. The van der Waals surface area contributed by atoms with Crippen LogP contribution in [0.2, 0.25) is 0 Å². The van der Waals surface area contributed by atoms with Gasteiger partial charge in [-0.2, -0.15) is 10.5 Å². The Morgan fingerprint density at radius 2 is 1.93 bits per heavy atom. The second-order valence-electron chi connectivity index (χ2n) is 6.13. The first-order valence-corrected chi connectivity index (χ1v) is 8.64. The number of nitriles is 2. The minimum absolute atomic E-state index is 0.290. The van der Waals surface area contributed by atoms with E-state index in [1.165, 1.54) is 0 Å². The first-order chi connectivity index (χ1) is 13.1. The topological polar surface area (TPSA) is 91.7 Å². The van der Waals surface area contributed by atoms with Crippen molar-refractivity contribution in [1.29, 1.82) is 10.5 Å². The largest absolute Gasteiger partial charge is 0.464 e. The van der Waals surface area contributed by atoms with Crippen LogP contribution in [0.1, 0.15) is 42.4 Å². The molecule has 6 heteroatoms. The second-order valence-corrected chi connectivity index (χ2v) is 6.13. The molecule has 0 spiro atoms. The van der Waals surface area contributed by atoms with E-state index in [4.69, 9.17) is 10.00 Å². The molecule has 6 nitrogen and oxygen atoms in total. The summed E-state index contributed by atoms with van der Waals surface area (Å²) in [6, 6.07) is 16.2. The number of hydrogen-bond acceptors (Lipinski definition) is 5. The van der Waals surface area contributed by atoms with Crippen molar-refractivity contribution >= 4 is 17.0 Å². The van der Waals surface area contributed by atoms with Crippen LogP contribution in [-0.2, 0) is 16.0 Å². The summed E-state index contributed by atoms with van der Waals surface area (Å²) in [7, 11) is 0. The molecule has 0 N–H and O–H groups in total. The highest BCUT2D eigenvalue weighted by Crippen LogP contribution is 2.25. The van der Waals surface area contributed by atoms with E-state index in [1.807, 2.05) is 16.7 Å². The van der Waals surface area contributed by atoms with E-state index in [9.17, 15) is 10.1 Å². The molecule has 1 aromatic heterocycles. The average molecular weight is 358 g/mol. The van der Waals surface area contributed by atoms with Crippen LogP contribution >= 0.6 is 0 Å². The minimum Gasteiger partial charge on any atom is -0.464 e. The lowest BCUT2D eigenvalue weighted by atomic mass is 10.1. The van der Waals surface area contributed by atoms with E-state index in [1.54, 1.807) is 44.2 Å². The molecule has 1 unspecified atom stereocenters. The van der Waals surface area contributed by atoms with Gasteiger partial charge >= 0.3 is 5.97 Å². The maximum absolute atomic E-state index is 12.4. The molecule has 0 saturated heterocycles. The third kappa shape index (κ3) is 3.65. The van der Waals surface area contributed by atoms with Gasteiger partial charge in [0.1, 0.15) is 11.9 Å².